The minimum Gasteiger partial charge on any atom is -0.493 e. The van der Waals surface area contributed by atoms with Crippen molar-refractivity contribution in [3.8, 4) is 23.3 Å². The summed E-state index contributed by atoms with van der Waals surface area (Å²) in [4.78, 5) is 14.8. The van der Waals surface area contributed by atoms with Crippen molar-refractivity contribution in [1.82, 2.24) is 19.9 Å². The SMILES string of the molecule is COc1cc(C#N)ccc1OCC1CCCN(C(=O)c2cn(-c3ccccc3)nn2)C1. The Kier molecular flexibility index (Phi) is 6.13. The number of hydrogen-bond acceptors (Lipinski definition) is 6. The van der Waals surface area contributed by atoms with Gasteiger partial charge in [-0.1, -0.05) is 23.4 Å². The van der Waals surface area contributed by atoms with Gasteiger partial charge in [0, 0.05) is 25.1 Å². The van der Waals surface area contributed by atoms with E-state index in [2.05, 4.69) is 16.4 Å². The highest BCUT2D eigenvalue weighted by Crippen LogP contribution is 2.29. The first-order valence-corrected chi connectivity index (χ1v) is 10.2. The predicted octanol–water partition coefficient (Wildman–Crippen LogP) is 3.08. The monoisotopic (exact) mass is 417 g/mol. The molecule has 1 atom stereocenters. The summed E-state index contributed by atoms with van der Waals surface area (Å²) < 4.78 is 12.9. The summed E-state index contributed by atoms with van der Waals surface area (Å²) in [5.41, 5.74) is 1.71. The Morgan fingerprint density at radius 2 is 2.06 bits per heavy atom. The third kappa shape index (κ3) is 4.67. The molecule has 2 heterocycles. The number of para-hydroxylation sites is 1. The Labute approximate surface area is 180 Å². The van der Waals surface area contributed by atoms with Crippen LogP contribution < -0.4 is 9.47 Å². The summed E-state index contributed by atoms with van der Waals surface area (Å²) in [6.45, 7) is 1.74. The van der Waals surface area contributed by atoms with Crippen molar-refractivity contribution in [3.63, 3.8) is 0 Å². The maximum Gasteiger partial charge on any atom is 0.276 e. The maximum absolute atomic E-state index is 13.0. The van der Waals surface area contributed by atoms with E-state index < -0.39 is 0 Å². The number of methoxy groups -OCH3 is 1. The fourth-order valence-electron chi connectivity index (χ4n) is 3.68. The van der Waals surface area contributed by atoms with E-state index in [1.54, 1.807) is 36.2 Å². The highest BCUT2D eigenvalue weighted by Gasteiger charge is 2.27. The summed E-state index contributed by atoms with van der Waals surface area (Å²) in [7, 11) is 1.55. The third-order valence-electron chi connectivity index (χ3n) is 5.31. The fraction of sp³-hybridized carbons (Fsp3) is 0.304. The molecule has 4 rings (SSSR count). The molecule has 2 aromatic carbocycles. The van der Waals surface area contributed by atoms with Crippen LogP contribution >= 0.6 is 0 Å². The number of aromatic nitrogens is 3. The second-order valence-corrected chi connectivity index (χ2v) is 7.43. The average Bonchev–Trinajstić information content (AvgIpc) is 3.33. The van der Waals surface area contributed by atoms with Gasteiger partial charge in [-0.2, -0.15) is 5.26 Å². The zero-order chi connectivity index (χ0) is 21.6. The Bertz CT molecular complexity index is 1090. The van der Waals surface area contributed by atoms with Crippen LogP contribution in [-0.2, 0) is 0 Å². The highest BCUT2D eigenvalue weighted by molar-refractivity contribution is 5.92. The van der Waals surface area contributed by atoms with Crippen molar-refractivity contribution >= 4 is 5.91 Å². The largest absolute Gasteiger partial charge is 0.493 e. The van der Waals surface area contributed by atoms with Crippen molar-refractivity contribution in [2.24, 2.45) is 5.92 Å². The molecule has 158 valence electrons. The van der Waals surface area contributed by atoms with E-state index in [4.69, 9.17) is 14.7 Å². The molecular weight excluding hydrogens is 394 g/mol. The Balaban J connectivity index is 1.38. The molecule has 0 radical (unpaired) electrons. The molecule has 1 aromatic heterocycles. The van der Waals surface area contributed by atoms with Gasteiger partial charge in [0.25, 0.3) is 5.91 Å². The first kappa shape index (κ1) is 20.4. The van der Waals surface area contributed by atoms with Crippen LogP contribution in [0.1, 0.15) is 28.9 Å². The molecule has 1 amide bonds. The standard InChI is InChI=1S/C23H23N5O3/c1-30-22-12-17(13-24)9-10-21(22)31-16-18-6-5-11-27(14-18)23(29)20-15-28(26-25-20)19-7-3-2-4-8-19/h2-4,7-10,12,15,18H,5-6,11,14,16H2,1H3. The van der Waals surface area contributed by atoms with Gasteiger partial charge in [0.15, 0.2) is 17.2 Å². The van der Waals surface area contributed by atoms with Gasteiger partial charge in [-0.05, 0) is 37.1 Å². The number of likely N-dealkylation sites (tertiary alicyclic amines) is 1. The molecule has 1 saturated heterocycles. The minimum atomic E-state index is -0.122. The molecule has 3 aromatic rings. The van der Waals surface area contributed by atoms with Gasteiger partial charge in [0.1, 0.15) is 0 Å². The van der Waals surface area contributed by atoms with Crippen LogP contribution in [0.3, 0.4) is 0 Å². The van der Waals surface area contributed by atoms with E-state index >= 15 is 0 Å². The van der Waals surface area contributed by atoms with Gasteiger partial charge < -0.3 is 14.4 Å². The summed E-state index contributed by atoms with van der Waals surface area (Å²) in [5.74, 6) is 1.20. The van der Waals surface area contributed by atoms with Crippen LogP contribution in [-0.4, -0.2) is 52.6 Å². The molecule has 1 aliphatic rings. The van der Waals surface area contributed by atoms with E-state index in [9.17, 15) is 4.79 Å². The van der Waals surface area contributed by atoms with E-state index in [1.807, 2.05) is 35.2 Å². The van der Waals surface area contributed by atoms with E-state index in [0.29, 0.717) is 42.5 Å². The third-order valence-corrected chi connectivity index (χ3v) is 5.31. The number of rotatable bonds is 6. The van der Waals surface area contributed by atoms with Gasteiger partial charge in [-0.3, -0.25) is 4.79 Å². The molecule has 8 heteroatoms. The van der Waals surface area contributed by atoms with Crippen molar-refractivity contribution in [3.05, 3.63) is 66.0 Å². The second-order valence-electron chi connectivity index (χ2n) is 7.43. The first-order valence-electron chi connectivity index (χ1n) is 10.2. The van der Waals surface area contributed by atoms with Crippen LogP contribution in [0.25, 0.3) is 5.69 Å². The van der Waals surface area contributed by atoms with Gasteiger partial charge in [-0.15, -0.1) is 5.10 Å². The van der Waals surface area contributed by atoms with E-state index in [0.717, 1.165) is 18.5 Å². The quantitative estimate of drug-likeness (QED) is 0.612. The normalized spacial score (nSPS) is 15.9. The minimum absolute atomic E-state index is 0.122. The molecule has 1 fully saturated rings. The lowest BCUT2D eigenvalue weighted by Gasteiger charge is -2.32. The summed E-state index contributed by atoms with van der Waals surface area (Å²) in [6.07, 6.45) is 3.54. The molecule has 8 nitrogen and oxygen atoms in total. The number of piperidine rings is 1. The van der Waals surface area contributed by atoms with E-state index in [1.165, 1.54) is 0 Å². The molecule has 0 spiro atoms. The molecule has 31 heavy (non-hydrogen) atoms. The maximum atomic E-state index is 13.0. The summed E-state index contributed by atoms with van der Waals surface area (Å²) in [6, 6.07) is 16.8. The number of ether oxygens (including phenoxy) is 2. The molecule has 1 unspecified atom stereocenters. The van der Waals surface area contributed by atoms with Gasteiger partial charge >= 0.3 is 0 Å². The van der Waals surface area contributed by atoms with Crippen LogP contribution in [0.15, 0.2) is 54.7 Å². The number of benzene rings is 2. The molecule has 0 bridgehead atoms. The van der Waals surface area contributed by atoms with E-state index in [-0.39, 0.29) is 11.8 Å². The number of nitriles is 1. The number of carbonyl (C=O) groups is 1. The summed E-state index contributed by atoms with van der Waals surface area (Å²) in [5, 5.41) is 17.2. The molecule has 0 saturated carbocycles. The van der Waals surface area contributed by atoms with Crippen molar-refractivity contribution < 1.29 is 14.3 Å². The first-order chi connectivity index (χ1) is 15.2. The number of hydrogen-bond donors (Lipinski definition) is 0. The Morgan fingerprint density at radius 1 is 1.23 bits per heavy atom. The van der Waals surface area contributed by atoms with Crippen molar-refractivity contribution in [1.29, 1.82) is 5.26 Å². The van der Waals surface area contributed by atoms with Gasteiger partial charge in [-0.25, -0.2) is 4.68 Å². The predicted molar refractivity (Wildman–Crippen MR) is 113 cm³/mol. The zero-order valence-corrected chi connectivity index (χ0v) is 17.3. The van der Waals surface area contributed by atoms with Crippen molar-refractivity contribution in [2.75, 3.05) is 26.8 Å². The molecule has 0 N–H and O–H groups in total. The van der Waals surface area contributed by atoms with Gasteiger partial charge in [0.05, 0.1) is 37.2 Å². The molecule has 1 aliphatic heterocycles. The zero-order valence-electron chi connectivity index (χ0n) is 17.3. The lowest BCUT2D eigenvalue weighted by atomic mass is 9.98. The lowest BCUT2D eigenvalue weighted by Crippen LogP contribution is -2.41. The van der Waals surface area contributed by atoms with Gasteiger partial charge in [0.2, 0.25) is 0 Å². The van der Waals surface area contributed by atoms with Crippen LogP contribution in [0.4, 0.5) is 0 Å². The highest BCUT2D eigenvalue weighted by atomic mass is 16.5. The van der Waals surface area contributed by atoms with Crippen LogP contribution in [0.2, 0.25) is 0 Å². The Hall–Kier alpha value is -3.86. The lowest BCUT2D eigenvalue weighted by molar-refractivity contribution is 0.0626. The van der Waals surface area contributed by atoms with Crippen LogP contribution in [0.5, 0.6) is 11.5 Å². The smallest absolute Gasteiger partial charge is 0.276 e. The van der Waals surface area contributed by atoms with Crippen molar-refractivity contribution in [2.45, 2.75) is 12.8 Å². The topological polar surface area (TPSA) is 93.3 Å². The number of carbonyl (C=O) groups excluding carboxylic acids is 1. The summed E-state index contributed by atoms with van der Waals surface area (Å²) >= 11 is 0. The fourth-order valence-corrected chi connectivity index (χ4v) is 3.68. The Morgan fingerprint density at radius 3 is 2.84 bits per heavy atom. The molecular formula is C23H23N5O3. The second kappa shape index (κ2) is 9.30. The van der Waals surface area contributed by atoms with Crippen LogP contribution in [0, 0.1) is 17.2 Å². The number of nitrogens with zero attached hydrogens (tertiary/aromatic N) is 5. The molecule has 0 aliphatic carbocycles. The number of amides is 1. The average molecular weight is 417 g/mol.